The van der Waals surface area contributed by atoms with E-state index in [2.05, 4.69) is 9.97 Å². The maximum Gasteiger partial charge on any atom is 0.259 e. The summed E-state index contributed by atoms with van der Waals surface area (Å²) in [6.07, 6.45) is 4.94. The third kappa shape index (κ3) is 4.88. The highest BCUT2D eigenvalue weighted by Crippen LogP contribution is 2.27. The molecule has 1 N–H and O–H groups in total. The van der Waals surface area contributed by atoms with Gasteiger partial charge in [-0.15, -0.1) is 23.1 Å². The molecule has 0 aromatic carbocycles. The lowest BCUT2D eigenvalue weighted by Gasteiger charge is -2.36. The summed E-state index contributed by atoms with van der Waals surface area (Å²) in [7, 11) is 0. The number of aromatic nitrogens is 2. The summed E-state index contributed by atoms with van der Waals surface area (Å²) < 4.78 is 0. The SMILES string of the molecule is Cc1sc2nc(CS[C@@H](C)C(=O)N3CCC(C(=O)N4CCCCC4)CC3)[nH]c(=O)c2c1C. The first kappa shape index (κ1) is 23.3. The molecule has 0 saturated carbocycles. The van der Waals surface area contributed by atoms with Gasteiger partial charge in [-0.25, -0.2) is 4.98 Å². The van der Waals surface area contributed by atoms with Crippen molar-refractivity contribution in [2.75, 3.05) is 26.2 Å². The predicted octanol–water partition coefficient (Wildman–Crippen LogP) is 3.47. The number of fused-ring (bicyclic) bond motifs is 1. The second-order valence-electron chi connectivity index (χ2n) is 8.91. The maximum absolute atomic E-state index is 12.9. The van der Waals surface area contributed by atoms with Crippen molar-refractivity contribution in [3.63, 3.8) is 0 Å². The minimum absolute atomic E-state index is 0.0545. The molecule has 2 aromatic heterocycles. The van der Waals surface area contributed by atoms with E-state index >= 15 is 0 Å². The van der Waals surface area contributed by atoms with Crippen molar-refractivity contribution in [3.05, 3.63) is 26.6 Å². The normalized spacial score (nSPS) is 18.8. The number of aryl methyl sites for hydroxylation is 2. The van der Waals surface area contributed by atoms with Crippen molar-refractivity contribution in [2.45, 2.75) is 63.9 Å². The van der Waals surface area contributed by atoms with E-state index in [9.17, 15) is 14.4 Å². The zero-order valence-corrected chi connectivity index (χ0v) is 20.7. The Kier molecular flexibility index (Phi) is 7.24. The van der Waals surface area contributed by atoms with Crippen LogP contribution in [0.4, 0.5) is 0 Å². The molecule has 2 amide bonds. The topological polar surface area (TPSA) is 86.4 Å². The molecule has 4 rings (SSSR count). The number of thiophene rings is 1. The van der Waals surface area contributed by atoms with Crippen LogP contribution >= 0.6 is 23.1 Å². The number of rotatable bonds is 5. The summed E-state index contributed by atoms with van der Waals surface area (Å²) >= 11 is 3.03. The molecule has 174 valence electrons. The molecule has 0 radical (unpaired) electrons. The van der Waals surface area contributed by atoms with Gasteiger partial charge in [0.05, 0.1) is 16.4 Å². The smallest absolute Gasteiger partial charge is 0.259 e. The molecule has 1 atom stereocenters. The van der Waals surface area contributed by atoms with Gasteiger partial charge in [-0.1, -0.05) is 0 Å². The number of nitrogens with one attached hydrogen (secondary N) is 1. The van der Waals surface area contributed by atoms with E-state index in [1.165, 1.54) is 29.5 Å². The molecule has 2 fully saturated rings. The van der Waals surface area contributed by atoms with Crippen molar-refractivity contribution in [1.82, 2.24) is 19.8 Å². The number of hydrogen-bond donors (Lipinski definition) is 1. The van der Waals surface area contributed by atoms with Crippen LogP contribution in [0.5, 0.6) is 0 Å². The van der Waals surface area contributed by atoms with Gasteiger partial charge in [0.25, 0.3) is 5.56 Å². The average Bonchev–Trinajstić information content (AvgIpc) is 3.10. The number of aromatic amines is 1. The fourth-order valence-electron chi connectivity index (χ4n) is 4.62. The zero-order chi connectivity index (χ0) is 22.8. The minimum atomic E-state index is -0.225. The van der Waals surface area contributed by atoms with Crippen LogP contribution in [-0.4, -0.2) is 63.0 Å². The van der Waals surface area contributed by atoms with E-state index in [-0.39, 0.29) is 28.5 Å². The number of thioether (sulfide) groups is 1. The van der Waals surface area contributed by atoms with E-state index in [0.29, 0.717) is 30.1 Å². The van der Waals surface area contributed by atoms with E-state index in [1.54, 1.807) is 0 Å². The molecular formula is C23H32N4O3S2. The van der Waals surface area contributed by atoms with Gasteiger partial charge < -0.3 is 14.8 Å². The second-order valence-corrected chi connectivity index (χ2v) is 11.4. The first-order chi connectivity index (χ1) is 15.3. The molecule has 0 unspecified atom stereocenters. The van der Waals surface area contributed by atoms with Crippen molar-refractivity contribution < 1.29 is 9.59 Å². The molecule has 4 heterocycles. The number of nitrogens with zero attached hydrogens (tertiary/aromatic N) is 3. The first-order valence-corrected chi connectivity index (χ1v) is 13.4. The molecule has 2 saturated heterocycles. The molecule has 2 aliphatic rings. The van der Waals surface area contributed by atoms with E-state index in [0.717, 1.165) is 54.0 Å². The summed E-state index contributed by atoms with van der Waals surface area (Å²) in [5.74, 6) is 1.53. The van der Waals surface area contributed by atoms with E-state index in [4.69, 9.17) is 0 Å². The van der Waals surface area contributed by atoms with Gasteiger partial charge in [-0.3, -0.25) is 14.4 Å². The molecular weight excluding hydrogens is 444 g/mol. The van der Waals surface area contributed by atoms with Crippen molar-refractivity contribution >= 4 is 45.1 Å². The van der Waals surface area contributed by atoms with Gasteiger partial charge in [-0.2, -0.15) is 0 Å². The van der Waals surface area contributed by atoms with Gasteiger partial charge >= 0.3 is 0 Å². The molecule has 2 aromatic rings. The second kappa shape index (κ2) is 9.95. The lowest BCUT2D eigenvalue weighted by atomic mass is 9.94. The number of amides is 2. The van der Waals surface area contributed by atoms with Crippen molar-refractivity contribution in [2.24, 2.45) is 5.92 Å². The van der Waals surface area contributed by atoms with E-state index in [1.807, 2.05) is 30.6 Å². The van der Waals surface area contributed by atoms with Crippen LogP contribution in [0.1, 0.15) is 55.3 Å². The highest BCUT2D eigenvalue weighted by Gasteiger charge is 2.32. The molecule has 0 spiro atoms. The molecule has 0 bridgehead atoms. The monoisotopic (exact) mass is 476 g/mol. The van der Waals surface area contributed by atoms with Crippen LogP contribution in [0.3, 0.4) is 0 Å². The number of carbonyl (C=O) groups excluding carboxylic acids is 2. The fourth-order valence-corrected chi connectivity index (χ4v) is 6.50. The van der Waals surface area contributed by atoms with Crippen LogP contribution in [0.25, 0.3) is 10.2 Å². The Hall–Kier alpha value is -1.87. The number of likely N-dealkylation sites (tertiary alicyclic amines) is 2. The number of piperidine rings is 2. The summed E-state index contributed by atoms with van der Waals surface area (Å²) in [4.78, 5) is 51.4. The third-order valence-corrected chi connectivity index (χ3v) is 8.97. The number of carbonyl (C=O) groups is 2. The molecule has 7 nitrogen and oxygen atoms in total. The zero-order valence-electron chi connectivity index (χ0n) is 19.1. The first-order valence-electron chi connectivity index (χ1n) is 11.5. The predicted molar refractivity (Wildman–Crippen MR) is 130 cm³/mol. The Morgan fingerprint density at radius 2 is 1.81 bits per heavy atom. The third-order valence-electron chi connectivity index (χ3n) is 6.73. The Morgan fingerprint density at radius 1 is 1.12 bits per heavy atom. The van der Waals surface area contributed by atoms with Crippen LogP contribution in [0.15, 0.2) is 4.79 Å². The molecule has 2 aliphatic heterocycles. The largest absolute Gasteiger partial charge is 0.342 e. The van der Waals surface area contributed by atoms with Crippen molar-refractivity contribution in [3.8, 4) is 0 Å². The van der Waals surface area contributed by atoms with Gasteiger partial charge in [0, 0.05) is 37.0 Å². The van der Waals surface area contributed by atoms with Crippen molar-refractivity contribution in [1.29, 1.82) is 0 Å². The van der Waals surface area contributed by atoms with Gasteiger partial charge in [0.2, 0.25) is 11.8 Å². The highest BCUT2D eigenvalue weighted by molar-refractivity contribution is 7.99. The Balaban J connectivity index is 1.29. The quantitative estimate of drug-likeness (QED) is 0.714. The Labute approximate surface area is 197 Å². The van der Waals surface area contributed by atoms with Crippen LogP contribution in [-0.2, 0) is 15.3 Å². The number of hydrogen-bond acceptors (Lipinski definition) is 6. The van der Waals surface area contributed by atoms with E-state index < -0.39 is 0 Å². The molecule has 0 aliphatic carbocycles. The Bertz CT molecular complexity index is 1050. The molecule has 32 heavy (non-hydrogen) atoms. The van der Waals surface area contributed by atoms with Gasteiger partial charge in [0.15, 0.2) is 0 Å². The standard InChI is InChI=1S/C23H32N4O3S2/c1-14-15(2)32-21-19(14)20(28)24-18(25-21)13-31-16(3)22(29)27-11-7-17(8-12-27)23(30)26-9-5-4-6-10-26/h16-17H,4-13H2,1-3H3,(H,24,25,28)/t16-/m0/s1. The summed E-state index contributed by atoms with van der Waals surface area (Å²) in [6.45, 7) is 8.92. The summed E-state index contributed by atoms with van der Waals surface area (Å²) in [6, 6.07) is 0. The van der Waals surface area contributed by atoms with Crippen LogP contribution < -0.4 is 5.56 Å². The minimum Gasteiger partial charge on any atom is -0.342 e. The van der Waals surface area contributed by atoms with Crippen LogP contribution in [0.2, 0.25) is 0 Å². The van der Waals surface area contributed by atoms with Gasteiger partial charge in [-0.05, 0) is 58.4 Å². The number of H-pyrrole nitrogens is 1. The van der Waals surface area contributed by atoms with Gasteiger partial charge in [0.1, 0.15) is 10.7 Å². The highest BCUT2D eigenvalue weighted by atomic mass is 32.2. The summed E-state index contributed by atoms with van der Waals surface area (Å²) in [5, 5.41) is 0.449. The average molecular weight is 477 g/mol. The maximum atomic E-state index is 12.9. The Morgan fingerprint density at radius 3 is 2.50 bits per heavy atom. The lowest BCUT2D eigenvalue weighted by molar-refractivity contribution is -0.141. The lowest BCUT2D eigenvalue weighted by Crippen LogP contribution is -2.47. The molecule has 9 heteroatoms. The van der Waals surface area contributed by atoms with Crippen LogP contribution in [0, 0.1) is 19.8 Å². The summed E-state index contributed by atoms with van der Waals surface area (Å²) in [5.41, 5.74) is 0.885. The fraction of sp³-hybridized carbons (Fsp3) is 0.652.